The Hall–Kier alpha value is -0.800. The van der Waals surface area contributed by atoms with Crippen LogP contribution in [-0.2, 0) is 0 Å². The van der Waals surface area contributed by atoms with Crippen LogP contribution < -0.4 is 0 Å². The first-order valence-electron chi connectivity index (χ1n) is 6.84. The number of ketones is 1. The van der Waals surface area contributed by atoms with Crippen molar-refractivity contribution in [1.82, 2.24) is 4.90 Å². The van der Waals surface area contributed by atoms with Gasteiger partial charge in [-0.05, 0) is 39.3 Å². The van der Waals surface area contributed by atoms with Crippen LogP contribution >= 0.6 is 11.8 Å². The average Bonchev–Trinajstić information content (AvgIpc) is 2.31. The van der Waals surface area contributed by atoms with Crippen molar-refractivity contribution in [1.29, 1.82) is 0 Å². The van der Waals surface area contributed by atoms with Gasteiger partial charge in [0, 0.05) is 29.2 Å². The number of carbonyl (C=O) groups excluding carboxylic acids is 1. The average molecular weight is 277 g/mol. The van der Waals surface area contributed by atoms with Crippen molar-refractivity contribution in [3.05, 3.63) is 34.9 Å². The minimum Gasteiger partial charge on any atom is -0.294 e. The second-order valence-corrected chi connectivity index (χ2v) is 7.86. The van der Waals surface area contributed by atoms with Gasteiger partial charge in [0.15, 0.2) is 5.78 Å². The van der Waals surface area contributed by atoms with Gasteiger partial charge in [0.2, 0.25) is 0 Å². The highest BCUT2D eigenvalue weighted by Crippen LogP contribution is 2.29. The number of hydrogen-bond acceptors (Lipinski definition) is 3. The molecule has 1 aromatic carbocycles. The summed E-state index contributed by atoms with van der Waals surface area (Å²) in [4.78, 5) is 14.7. The first-order chi connectivity index (χ1) is 8.87. The van der Waals surface area contributed by atoms with Crippen molar-refractivity contribution >= 4 is 17.5 Å². The Labute approximate surface area is 120 Å². The third-order valence-corrected chi connectivity index (χ3v) is 4.86. The van der Waals surface area contributed by atoms with E-state index in [9.17, 15) is 4.79 Å². The zero-order valence-electron chi connectivity index (χ0n) is 12.3. The third kappa shape index (κ3) is 3.83. The van der Waals surface area contributed by atoms with Crippen molar-refractivity contribution in [3.8, 4) is 0 Å². The minimum atomic E-state index is 0.254. The summed E-state index contributed by atoms with van der Waals surface area (Å²) in [6, 6.07) is 6.12. The summed E-state index contributed by atoms with van der Waals surface area (Å²) in [5.74, 6) is 1.37. The molecule has 0 amide bonds. The van der Waals surface area contributed by atoms with Gasteiger partial charge in [0.25, 0.3) is 0 Å². The summed E-state index contributed by atoms with van der Waals surface area (Å²) < 4.78 is 0.264. The van der Waals surface area contributed by atoms with Crippen LogP contribution in [0, 0.1) is 13.8 Å². The molecule has 0 radical (unpaired) electrons. The van der Waals surface area contributed by atoms with Crippen LogP contribution in [0.25, 0.3) is 0 Å². The van der Waals surface area contributed by atoms with Crippen molar-refractivity contribution in [3.63, 3.8) is 0 Å². The molecule has 0 atom stereocenters. The van der Waals surface area contributed by atoms with Crippen LogP contribution in [-0.4, -0.2) is 40.8 Å². The van der Waals surface area contributed by atoms with E-state index in [4.69, 9.17) is 0 Å². The quantitative estimate of drug-likeness (QED) is 0.791. The van der Waals surface area contributed by atoms with E-state index < -0.39 is 0 Å². The number of thioether (sulfide) groups is 1. The molecule has 2 rings (SSSR count). The highest BCUT2D eigenvalue weighted by atomic mass is 32.2. The molecule has 19 heavy (non-hydrogen) atoms. The van der Waals surface area contributed by atoms with Crippen molar-refractivity contribution < 1.29 is 4.79 Å². The first-order valence-corrected chi connectivity index (χ1v) is 7.83. The monoisotopic (exact) mass is 277 g/mol. The zero-order valence-corrected chi connectivity index (χ0v) is 13.1. The van der Waals surface area contributed by atoms with E-state index in [1.54, 1.807) is 0 Å². The van der Waals surface area contributed by atoms with E-state index in [1.165, 1.54) is 0 Å². The number of Topliss-reactive ketones (excluding diaryl/α,β-unsaturated/α-hetero) is 1. The number of nitrogens with zero attached hydrogens (tertiary/aromatic N) is 1. The van der Waals surface area contributed by atoms with Gasteiger partial charge in [0.05, 0.1) is 6.54 Å². The fourth-order valence-corrected chi connectivity index (χ4v) is 3.75. The standard InChI is InChI=1S/C16H23NOS/c1-12-5-6-13(2)14(9-12)15(18)10-17-7-8-19-16(3,4)11-17/h5-6,9H,7-8,10-11H2,1-4H3. The predicted molar refractivity (Wildman–Crippen MR) is 83.2 cm³/mol. The molecule has 2 nitrogen and oxygen atoms in total. The van der Waals surface area contributed by atoms with Crippen LogP contribution in [0.3, 0.4) is 0 Å². The Morgan fingerprint density at radius 3 is 2.79 bits per heavy atom. The Bertz CT molecular complexity index is 482. The maximum absolute atomic E-state index is 12.4. The van der Waals surface area contributed by atoms with Crippen LogP contribution in [0.4, 0.5) is 0 Å². The highest BCUT2D eigenvalue weighted by Gasteiger charge is 2.28. The van der Waals surface area contributed by atoms with E-state index in [0.717, 1.165) is 35.5 Å². The van der Waals surface area contributed by atoms with Gasteiger partial charge in [-0.25, -0.2) is 0 Å². The van der Waals surface area contributed by atoms with Crippen molar-refractivity contribution in [2.24, 2.45) is 0 Å². The lowest BCUT2D eigenvalue weighted by Crippen LogP contribution is -2.45. The SMILES string of the molecule is Cc1ccc(C)c(C(=O)CN2CCSC(C)(C)C2)c1. The number of aryl methyl sites for hydroxylation is 2. The minimum absolute atomic E-state index is 0.254. The van der Waals surface area contributed by atoms with Gasteiger partial charge >= 0.3 is 0 Å². The fourth-order valence-electron chi connectivity index (χ4n) is 2.57. The van der Waals surface area contributed by atoms with Gasteiger partial charge in [-0.3, -0.25) is 9.69 Å². The molecule has 1 heterocycles. The Morgan fingerprint density at radius 1 is 1.37 bits per heavy atom. The fraction of sp³-hybridized carbons (Fsp3) is 0.562. The predicted octanol–water partition coefficient (Wildman–Crippen LogP) is 3.31. The van der Waals surface area contributed by atoms with Crippen LogP contribution in [0.2, 0.25) is 0 Å². The van der Waals surface area contributed by atoms with Gasteiger partial charge < -0.3 is 0 Å². The third-order valence-electron chi connectivity index (χ3n) is 3.57. The van der Waals surface area contributed by atoms with Gasteiger partial charge in [-0.1, -0.05) is 17.7 Å². The Balaban J connectivity index is 2.06. The molecule has 0 spiro atoms. The molecular formula is C16H23NOS. The maximum atomic E-state index is 12.4. The molecule has 0 aliphatic carbocycles. The van der Waals surface area contributed by atoms with E-state index in [2.05, 4.69) is 24.8 Å². The topological polar surface area (TPSA) is 20.3 Å². The maximum Gasteiger partial charge on any atom is 0.177 e. The van der Waals surface area contributed by atoms with Crippen LogP contribution in [0.1, 0.15) is 35.3 Å². The number of carbonyl (C=O) groups is 1. The van der Waals surface area contributed by atoms with Gasteiger partial charge in [-0.15, -0.1) is 0 Å². The Morgan fingerprint density at radius 2 is 2.11 bits per heavy atom. The molecular weight excluding hydrogens is 254 g/mol. The van der Waals surface area contributed by atoms with Crippen molar-refractivity contribution in [2.75, 3.05) is 25.4 Å². The van der Waals surface area contributed by atoms with E-state index >= 15 is 0 Å². The molecule has 1 aliphatic heterocycles. The molecule has 1 aliphatic rings. The lowest BCUT2D eigenvalue weighted by atomic mass is 10.0. The molecule has 1 aromatic rings. The normalized spacial score (nSPS) is 19.4. The highest BCUT2D eigenvalue weighted by molar-refractivity contribution is 8.00. The number of hydrogen-bond donors (Lipinski definition) is 0. The molecule has 0 saturated carbocycles. The first kappa shape index (κ1) is 14.6. The molecule has 0 unspecified atom stereocenters. The molecule has 0 bridgehead atoms. The summed E-state index contributed by atoms with van der Waals surface area (Å²) in [6.45, 7) is 11.1. The molecule has 1 saturated heterocycles. The number of benzene rings is 1. The van der Waals surface area contributed by atoms with Crippen LogP contribution in [0.15, 0.2) is 18.2 Å². The second-order valence-electron chi connectivity index (χ2n) is 6.06. The van der Waals surface area contributed by atoms with Gasteiger partial charge in [-0.2, -0.15) is 11.8 Å². The van der Waals surface area contributed by atoms with Crippen molar-refractivity contribution in [2.45, 2.75) is 32.4 Å². The van der Waals surface area contributed by atoms with Gasteiger partial charge in [0.1, 0.15) is 0 Å². The lowest BCUT2D eigenvalue weighted by molar-refractivity contribution is 0.0927. The summed E-state index contributed by atoms with van der Waals surface area (Å²) >= 11 is 2.00. The molecule has 0 N–H and O–H groups in total. The summed E-state index contributed by atoms with van der Waals surface area (Å²) in [5, 5.41) is 0. The van der Waals surface area contributed by atoms with E-state index in [-0.39, 0.29) is 10.5 Å². The summed E-state index contributed by atoms with van der Waals surface area (Å²) in [5.41, 5.74) is 3.13. The molecule has 0 aromatic heterocycles. The summed E-state index contributed by atoms with van der Waals surface area (Å²) in [6.07, 6.45) is 0. The second kappa shape index (κ2) is 5.68. The van der Waals surface area contributed by atoms with Crippen LogP contribution in [0.5, 0.6) is 0 Å². The molecule has 104 valence electrons. The zero-order chi connectivity index (χ0) is 14.0. The number of rotatable bonds is 3. The Kier molecular flexibility index (Phi) is 4.36. The largest absolute Gasteiger partial charge is 0.294 e. The van der Waals surface area contributed by atoms with E-state index in [1.807, 2.05) is 37.7 Å². The van der Waals surface area contributed by atoms with E-state index in [0.29, 0.717) is 6.54 Å². The molecule has 1 fully saturated rings. The molecule has 3 heteroatoms. The smallest absolute Gasteiger partial charge is 0.177 e. The lowest BCUT2D eigenvalue weighted by Gasteiger charge is -2.37. The summed E-state index contributed by atoms with van der Waals surface area (Å²) in [7, 11) is 0.